The van der Waals surface area contributed by atoms with Crippen LogP contribution in [0, 0.1) is 13.8 Å². The molecule has 1 aromatic carbocycles. The van der Waals surface area contributed by atoms with Gasteiger partial charge in [0.05, 0.1) is 0 Å². The van der Waals surface area contributed by atoms with E-state index in [1.54, 1.807) is 0 Å². The molecule has 4 nitrogen and oxygen atoms in total. The van der Waals surface area contributed by atoms with Crippen LogP contribution in [-0.2, 0) is 4.79 Å². The third-order valence-electron chi connectivity index (χ3n) is 4.16. The number of aryl methyl sites for hydroxylation is 1. The van der Waals surface area contributed by atoms with Gasteiger partial charge in [0, 0.05) is 43.8 Å². The third kappa shape index (κ3) is 3.97. The first-order valence-corrected chi connectivity index (χ1v) is 7.66. The largest absolute Gasteiger partial charge is 0.368 e. The average Bonchev–Trinajstić information content (AvgIpc) is 2.40. The van der Waals surface area contributed by atoms with Crippen molar-refractivity contribution in [3.05, 3.63) is 29.3 Å². The molecule has 0 atom stereocenters. The molecule has 1 fully saturated rings. The second-order valence-electron chi connectivity index (χ2n) is 6.75. The van der Waals surface area contributed by atoms with Crippen molar-refractivity contribution in [2.24, 2.45) is 5.73 Å². The Morgan fingerprint density at radius 3 is 2.38 bits per heavy atom. The molecule has 0 aliphatic carbocycles. The molecule has 2 rings (SSSR count). The zero-order chi connectivity index (χ0) is 15.6. The molecule has 0 spiro atoms. The molecule has 1 amide bonds. The SMILES string of the molecule is Cc1cccc(N2CCN(C(=O)CC(C)(C)N)CC2)c1C. The summed E-state index contributed by atoms with van der Waals surface area (Å²) in [6.07, 6.45) is 0.413. The smallest absolute Gasteiger partial charge is 0.224 e. The molecule has 0 unspecified atom stereocenters. The molecular formula is C17H27N3O. The fourth-order valence-electron chi connectivity index (χ4n) is 2.78. The van der Waals surface area contributed by atoms with Gasteiger partial charge in [0.25, 0.3) is 0 Å². The molecule has 1 aromatic rings. The number of amides is 1. The summed E-state index contributed by atoms with van der Waals surface area (Å²) in [6, 6.07) is 6.41. The minimum atomic E-state index is -0.429. The Bertz CT molecular complexity index is 511. The van der Waals surface area contributed by atoms with Crippen LogP contribution in [0.3, 0.4) is 0 Å². The number of carbonyl (C=O) groups excluding carboxylic acids is 1. The van der Waals surface area contributed by atoms with E-state index in [2.05, 4.69) is 36.9 Å². The van der Waals surface area contributed by atoms with Crippen LogP contribution >= 0.6 is 0 Å². The van der Waals surface area contributed by atoms with Crippen LogP contribution in [0.4, 0.5) is 5.69 Å². The topological polar surface area (TPSA) is 49.6 Å². The molecule has 1 saturated heterocycles. The van der Waals surface area contributed by atoms with Crippen molar-refractivity contribution >= 4 is 11.6 Å². The van der Waals surface area contributed by atoms with Gasteiger partial charge >= 0.3 is 0 Å². The van der Waals surface area contributed by atoms with E-state index in [9.17, 15) is 4.79 Å². The Morgan fingerprint density at radius 1 is 1.19 bits per heavy atom. The number of hydrogen-bond donors (Lipinski definition) is 1. The molecule has 0 saturated carbocycles. The predicted octanol–water partition coefficient (Wildman–Crippen LogP) is 2.08. The molecule has 2 N–H and O–H groups in total. The third-order valence-corrected chi connectivity index (χ3v) is 4.16. The molecule has 116 valence electrons. The van der Waals surface area contributed by atoms with Crippen LogP contribution in [0.2, 0.25) is 0 Å². The van der Waals surface area contributed by atoms with Gasteiger partial charge in [-0.2, -0.15) is 0 Å². The second kappa shape index (κ2) is 6.06. The van der Waals surface area contributed by atoms with Crippen molar-refractivity contribution < 1.29 is 4.79 Å². The van der Waals surface area contributed by atoms with E-state index in [0.29, 0.717) is 6.42 Å². The van der Waals surface area contributed by atoms with Gasteiger partial charge in [-0.05, 0) is 44.9 Å². The van der Waals surface area contributed by atoms with Gasteiger partial charge in [0.15, 0.2) is 0 Å². The van der Waals surface area contributed by atoms with Crippen molar-refractivity contribution in [2.45, 2.75) is 39.7 Å². The highest BCUT2D eigenvalue weighted by Gasteiger charge is 2.25. The van der Waals surface area contributed by atoms with Gasteiger partial charge in [0.2, 0.25) is 5.91 Å². The zero-order valence-corrected chi connectivity index (χ0v) is 13.6. The van der Waals surface area contributed by atoms with Crippen molar-refractivity contribution in [2.75, 3.05) is 31.1 Å². The highest BCUT2D eigenvalue weighted by molar-refractivity contribution is 5.77. The number of nitrogens with zero attached hydrogens (tertiary/aromatic N) is 2. The summed E-state index contributed by atoms with van der Waals surface area (Å²) in [6.45, 7) is 11.4. The summed E-state index contributed by atoms with van der Waals surface area (Å²) in [5.41, 5.74) is 9.45. The molecule has 21 heavy (non-hydrogen) atoms. The van der Waals surface area contributed by atoms with Gasteiger partial charge in [-0.25, -0.2) is 0 Å². The molecule has 0 bridgehead atoms. The highest BCUT2D eigenvalue weighted by Crippen LogP contribution is 2.24. The van der Waals surface area contributed by atoms with Crippen LogP contribution < -0.4 is 10.6 Å². The van der Waals surface area contributed by atoms with E-state index in [1.165, 1.54) is 16.8 Å². The van der Waals surface area contributed by atoms with Gasteiger partial charge < -0.3 is 15.5 Å². The molecule has 0 aromatic heterocycles. The fraction of sp³-hybridized carbons (Fsp3) is 0.588. The van der Waals surface area contributed by atoms with E-state index in [-0.39, 0.29) is 5.91 Å². The molecule has 1 aliphatic heterocycles. The van der Waals surface area contributed by atoms with E-state index in [1.807, 2.05) is 18.7 Å². The number of rotatable bonds is 3. The quantitative estimate of drug-likeness (QED) is 0.927. The highest BCUT2D eigenvalue weighted by atomic mass is 16.2. The van der Waals surface area contributed by atoms with Crippen molar-refractivity contribution in [3.8, 4) is 0 Å². The molecule has 4 heteroatoms. The molecule has 1 heterocycles. The summed E-state index contributed by atoms with van der Waals surface area (Å²) in [4.78, 5) is 16.5. The standard InChI is InChI=1S/C17H27N3O/c1-13-6-5-7-15(14(13)2)19-8-10-20(11-9-19)16(21)12-17(3,4)18/h5-7H,8-12,18H2,1-4H3. The van der Waals surface area contributed by atoms with Crippen molar-refractivity contribution in [1.29, 1.82) is 0 Å². The Labute approximate surface area is 127 Å². The van der Waals surface area contributed by atoms with E-state index >= 15 is 0 Å². The van der Waals surface area contributed by atoms with E-state index in [4.69, 9.17) is 5.73 Å². The summed E-state index contributed by atoms with van der Waals surface area (Å²) in [7, 11) is 0. The first-order valence-electron chi connectivity index (χ1n) is 7.66. The Hall–Kier alpha value is -1.55. The Kier molecular flexibility index (Phi) is 4.57. The van der Waals surface area contributed by atoms with Gasteiger partial charge in [-0.3, -0.25) is 4.79 Å². The van der Waals surface area contributed by atoms with Crippen LogP contribution in [0.5, 0.6) is 0 Å². The lowest BCUT2D eigenvalue weighted by Crippen LogP contribution is -2.51. The van der Waals surface area contributed by atoms with Gasteiger partial charge in [-0.15, -0.1) is 0 Å². The van der Waals surface area contributed by atoms with Gasteiger partial charge in [0.1, 0.15) is 0 Å². The maximum absolute atomic E-state index is 12.2. The fourth-order valence-corrected chi connectivity index (χ4v) is 2.78. The number of piperazine rings is 1. The number of benzene rings is 1. The number of nitrogens with two attached hydrogens (primary N) is 1. The summed E-state index contributed by atoms with van der Waals surface area (Å²) < 4.78 is 0. The zero-order valence-electron chi connectivity index (χ0n) is 13.6. The van der Waals surface area contributed by atoms with E-state index in [0.717, 1.165) is 26.2 Å². The molecule has 0 radical (unpaired) electrons. The Balaban J connectivity index is 1.97. The lowest BCUT2D eigenvalue weighted by molar-refractivity contribution is -0.132. The van der Waals surface area contributed by atoms with Gasteiger partial charge in [-0.1, -0.05) is 12.1 Å². The minimum absolute atomic E-state index is 0.170. The lowest BCUT2D eigenvalue weighted by atomic mass is 10.0. The summed E-state index contributed by atoms with van der Waals surface area (Å²) in [5.74, 6) is 0.170. The number of anilines is 1. The maximum Gasteiger partial charge on any atom is 0.224 e. The molecular weight excluding hydrogens is 262 g/mol. The normalized spacial score (nSPS) is 16.2. The van der Waals surface area contributed by atoms with E-state index < -0.39 is 5.54 Å². The monoisotopic (exact) mass is 289 g/mol. The van der Waals surface area contributed by atoms with Crippen LogP contribution in [-0.4, -0.2) is 42.5 Å². The minimum Gasteiger partial charge on any atom is -0.368 e. The Morgan fingerprint density at radius 2 is 1.81 bits per heavy atom. The second-order valence-corrected chi connectivity index (χ2v) is 6.75. The van der Waals surface area contributed by atoms with Crippen molar-refractivity contribution in [3.63, 3.8) is 0 Å². The summed E-state index contributed by atoms with van der Waals surface area (Å²) >= 11 is 0. The molecule has 1 aliphatic rings. The number of carbonyl (C=O) groups is 1. The summed E-state index contributed by atoms with van der Waals surface area (Å²) in [5, 5.41) is 0. The number of hydrogen-bond acceptors (Lipinski definition) is 3. The predicted molar refractivity (Wildman–Crippen MR) is 87.6 cm³/mol. The van der Waals surface area contributed by atoms with Crippen LogP contribution in [0.1, 0.15) is 31.4 Å². The van der Waals surface area contributed by atoms with Crippen LogP contribution in [0.15, 0.2) is 18.2 Å². The maximum atomic E-state index is 12.2. The van der Waals surface area contributed by atoms with Crippen molar-refractivity contribution in [1.82, 2.24) is 4.90 Å². The lowest BCUT2D eigenvalue weighted by Gasteiger charge is -2.38. The van der Waals surface area contributed by atoms with Crippen LogP contribution in [0.25, 0.3) is 0 Å². The first-order chi connectivity index (χ1) is 9.78. The first kappa shape index (κ1) is 15.8. The average molecular weight is 289 g/mol.